The van der Waals surface area contributed by atoms with E-state index in [1.165, 1.54) is 30.5 Å². The highest BCUT2D eigenvalue weighted by atomic mass is 32.2. The first-order valence-corrected chi connectivity index (χ1v) is 10.3. The molecular weight excluding hydrogens is 350 g/mol. The van der Waals surface area contributed by atoms with E-state index in [1.807, 2.05) is 12.1 Å². The Morgan fingerprint density at radius 1 is 0.923 bits per heavy atom. The lowest BCUT2D eigenvalue weighted by Crippen LogP contribution is -2.13. The molecule has 0 fully saturated rings. The van der Waals surface area contributed by atoms with Crippen LogP contribution < -0.4 is 4.72 Å². The first-order chi connectivity index (χ1) is 12.4. The average molecular weight is 375 g/mol. The summed E-state index contributed by atoms with van der Waals surface area (Å²) >= 11 is 0. The third kappa shape index (κ3) is 6.19. The normalized spacial score (nSPS) is 11.3. The summed E-state index contributed by atoms with van der Waals surface area (Å²) in [4.78, 5) is 10.7. The largest absolute Gasteiger partial charge is 0.481 e. The van der Waals surface area contributed by atoms with Gasteiger partial charge in [0.2, 0.25) is 0 Å². The van der Waals surface area contributed by atoms with Gasteiger partial charge in [-0.05, 0) is 54.7 Å². The minimum Gasteiger partial charge on any atom is -0.481 e. The molecule has 0 radical (unpaired) electrons. The number of carboxylic acid groups (broad SMARTS) is 1. The summed E-state index contributed by atoms with van der Waals surface area (Å²) in [6.07, 6.45) is 4.90. The number of benzene rings is 2. The summed E-state index contributed by atoms with van der Waals surface area (Å²) in [6, 6.07) is 13.7. The first-order valence-electron chi connectivity index (χ1n) is 8.83. The summed E-state index contributed by atoms with van der Waals surface area (Å²) in [5.74, 6) is -0.874. The molecule has 0 saturated carbocycles. The SMILES string of the molecule is CCCCCc1ccc(NS(=O)(=O)c2ccc(CCC(=O)O)cc2)cc1. The van der Waals surface area contributed by atoms with Crippen molar-refractivity contribution < 1.29 is 18.3 Å². The molecule has 0 spiro atoms. The summed E-state index contributed by atoms with van der Waals surface area (Å²) in [7, 11) is -3.66. The van der Waals surface area contributed by atoms with Crippen molar-refractivity contribution in [3.05, 3.63) is 59.7 Å². The second-order valence-electron chi connectivity index (χ2n) is 6.30. The van der Waals surface area contributed by atoms with Crippen LogP contribution in [0.3, 0.4) is 0 Å². The van der Waals surface area contributed by atoms with Gasteiger partial charge in [0, 0.05) is 12.1 Å². The number of aliphatic carboxylic acids is 1. The van der Waals surface area contributed by atoms with Crippen molar-refractivity contribution in [1.82, 2.24) is 0 Å². The van der Waals surface area contributed by atoms with E-state index in [2.05, 4.69) is 11.6 Å². The Kier molecular flexibility index (Phi) is 7.21. The van der Waals surface area contributed by atoms with Crippen LogP contribution in [0.4, 0.5) is 5.69 Å². The van der Waals surface area contributed by atoms with Gasteiger partial charge in [-0.1, -0.05) is 44.0 Å². The smallest absolute Gasteiger partial charge is 0.303 e. The highest BCUT2D eigenvalue weighted by molar-refractivity contribution is 7.92. The topological polar surface area (TPSA) is 83.5 Å². The molecule has 0 heterocycles. The molecule has 2 aromatic carbocycles. The summed E-state index contributed by atoms with van der Waals surface area (Å²) in [6.45, 7) is 2.16. The highest BCUT2D eigenvalue weighted by Gasteiger charge is 2.14. The monoisotopic (exact) mass is 375 g/mol. The van der Waals surface area contributed by atoms with Crippen LogP contribution in [0.25, 0.3) is 0 Å². The molecule has 2 N–H and O–H groups in total. The minimum absolute atomic E-state index is 0.0228. The van der Waals surface area contributed by atoms with Crippen LogP contribution in [-0.4, -0.2) is 19.5 Å². The van der Waals surface area contributed by atoms with Gasteiger partial charge in [-0.2, -0.15) is 0 Å². The lowest BCUT2D eigenvalue weighted by atomic mass is 10.1. The first kappa shape index (κ1) is 20.0. The minimum atomic E-state index is -3.66. The van der Waals surface area contributed by atoms with E-state index >= 15 is 0 Å². The number of aryl methyl sites for hydroxylation is 2. The number of rotatable bonds is 10. The van der Waals surface area contributed by atoms with Crippen molar-refractivity contribution in [2.75, 3.05) is 4.72 Å². The Morgan fingerprint density at radius 3 is 2.08 bits per heavy atom. The third-order valence-corrected chi connectivity index (χ3v) is 5.53. The molecule has 2 aromatic rings. The molecule has 2 rings (SSSR count). The Hall–Kier alpha value is -2.34. The van der Waals surface area contributed by atoms with Gasteiger partial charge in [0.15, 0.2) is 0 Å². The number of carboxylic acids is 1. The van der Waals surface area contributed by atoms with Gasteiger partial charge >= 0.3 is 5.97 Å². The van der Waals surface area contributed by atoms with E-state index in [-0.39, 0.29) is 11.3 Å². The van der Waals surface area contributed by atoms with Crippen LogP contribution in [0.2, 0.25) is 0 Å². The zero-order chi connectivity index (χ0) is 19.0. The summed E-state index contributed by atoms with van der Waals surface area (Å²) in [5, 5.41) is 8.70. The highest BCUT2D eigenvalue weighted by Crippen LogP contribution is 2.18. The summed E-state index contributed by atoms with van der Waals surface area (Å²) in [5.41, 5.74) is 2.52. The van der Waals surface area contributed by atoms with Crippen LogP contribution in [0.1, 0.15) is 43.7 Å². The van der Waals surface area contributed by atoms with Gasteiger partial charge in [-0.3, -0.25) is 9.52 Å². The van der Waals surface area contributed by atoms with Crippen LogP contribution in [0.5, 0.6) is 0 Å². The molecule has 5 nitrogen and oxygen atoms in total. The van der Waals surface area contributed by atoms with E-state index in [9.17, 15) is 13.2 Å². The van der Waals surface area contributed by atoms with Gasteiger partial charge in [-0.15, -0.1) is 0 Å². The number of anilines is 1. The van der Waals surface area contributed by atoms with Gasteiger partial charge in [0.05, 0.1) is 4.90 Å². The van der Waals surface area contributed by atoms with Crippen molar-refractivity contribution in [2.45, 2.75) is 50.3 Å². The van der Waals surface area contributed by atoms with Crippen LogP contribution in [-0.2, 0) is 27.7 Å². The van der Waals surface area contributed by atoms with Crippen LogP contribution in [0, 0.1) is 0 Å². The van der Waals surface area contributed by atoms with Gasteiger partial charge < -0.3 is 5.11 Å². The number of carbonyl (C=O) groups is 1. The van der Waals surface area contributed by atoms with Crippen molar-refractivity contribution in [3.8, 4) is 0 Å². The van der Waals surface area contributed by atoms with Gasteiger partial charge in [0.1, 0.15) is 0 Å². The molecule has 0 atom stereocenters. The quantitative estimate of drug-likeness (QED) is 0.609. The predicted molar refractivity (Wildman–Crippen MR) is 103 cm³/mol. The fourth-order valence-corrected chi connectivity index (χ4v) is 3.68. The second-order valence-corrected chi connectivity index (χ2v) is 7.98. The molecule has 0 amide bonds. The molecule has 26 heavy (non-hydrogen) atoms. The number of hydrogen-bond donors (Lipinski definition) is 2. The van der Waals surface area contributed by atoms with Gasteiger partial charge in [-0.25, -0.2) is 8.42 Å². The van der Waals surface area contributed by atoms with Crippen molar-refractivity contribution in [2.24, 2.45) is 0 Å². The Labute approximate surface area is 155 Å². The number of sulfonamides is 1. The Balaban J connectivity index is 2.00. The van der Waals surface area contributed by atoms with Crippen molar-refractivity contribution >= 4 is 21.7 Å². The molecular formula is C20H25NO4S. The molecule has 0 unspecified atom stereocenters. The predicted octanol–water partition coefficient (Wildman–Crippen LogP) is 4.24. The maximum Gasteiger partial charge on any atom is 0.303 e. The van der Waals surface area contributed by atoms with Crippen LogP contribution in [0.15, 0.2) is 53.4 Å². The number of unbranched alkanes of at least 4 members (excludes halogenated alkanes) is 2. The molecule has 0 aromatic heterocycles. The lowest BCUT2D eigenvalue weighted by Gasteiger charge is -2.09. The molecule has 0 aliphatic rings. The average Bonchev–Trinajstić information content (AvgIpc) is 2.62. The molecule has 0 bridgehead atoms. The molecule has 0 aliphatic heterocycles. The maximum atomic E-state index is 12.5. The van der Waals surface area contributed by atoms with Crippen molar-refractivity contribution in [1.29, 1.82) is 0 Å². The van der Waals surface area contributed by atoms with Crippen molar-refractivity contribution in [3.63, 3.8) is 0 Å². The fourth-order valence-electron chi connectivity index (χ4n) is 2.62. The van der Waals surface area contributed by atoms with E-state index in [4.69, 9.17) is 5.11 Å². The van der Waals surface area contributed by atoms with Crippen LogP contribution >= 0.6 is 0 Å². The molecule has 0 aliphatic carbocycles. The van der Waals surface area contributed by atoms with E-state index in [0.29, 0.717) is 12.1 Å². The fraction of sp³-hybridized carbons (Fsp3) is 0.350. The third-order valence-electron chi connectivity index (χ3n) is 4.14. The number of nitrogens with one attached hydrogen (secondary N) is 1. The standard InChI is InChI=1S/C20H25NO4S/c1-2-3-4-5-16-6-11-18(12-7-16)21-26(24,25)19-13-8-17(9-14-19)10-15-20(22)23/h6-9,11-14,21H,2-5,10,15H2,1H3,(H,22,23). The Morgan fingerprint density at radius 2 is 1.50 bits per heavy atom. The van der Waals surface area contributed by atoms with E-state index in [1.54, 1.807) is 24.3 Å². The molecule has 6 heteroatoms. The van der Waals surface area contributed by atoms with E-state index in [0.717, 1.165) is 18.4 Å². The maximum absolute atomic E-state index is 12.5. The summed E-state index contributed by atoms with van der Waals surface area (Å²) < 4.78 is 27.5. The second kappa shape index (κ2) is 9.38. The molecule has 140 valence electrons. The Bertz CT molecular complexity index is 812. The van der Waals surface area contributed by atoms with Gasteiger partial charge in [0.25, 0.3) is 10.0 Å². The number of hydrogen-bond acceptors (Lipinski definition) is 3. The zero-order valence-corrected chi connectivity index (χ0v) is 15.8. The lowest BCUT2D eigenvalue weighted by molar-refractivity contribution is -0.136. The zero-order valence-electron chi connectivity index (χ0n) is 14.9. The van der Waals surface area contributed by atoms with E-state index < -0.39 is 16.0 Å². The molecule has 0 saturated heterocycles.